The Kier molecular flexibility index (Phi) is 2.99. The number of carbonyl (C=O) groups is 1. The van der Waals surface area contributed by atoms with Gasteiger partial charge in [-0.1, -0.05) is 20.8 Å². The van der Waals surface area contributed by atoms with Crippen LogP contribution in [0.3, 0.4) is 0 Å². The minimum atomic E-state index is -0.870. The Labute approximate surface area is 113 Å². The normalized spacial score (nSPS) is 23.3. The minimum Gasteiger partial charge on any atom is -0.465 e. The smallest absolute Gasteiger partial charge is 0.407 e. The Bertz CT molecular complexity index is 515. The summed E-state index contributed by atoms with van der Waals surface area (Å²) in [5.41, 5.74) is 8.24. The van der Waals surface area contributed by atoms with Gasteiger partial charge in [-0.05, 0) is 19.3 Å². The molecular weight excluding hydrogens is 244 g/mol. The summed E-state index contributed by atoms with van der Waals surface area (Å²) in [7, 11) is 0. The van der Waals surface area contributed by atoms with E-state index in [1.165, 1.54) is 4.90 Å². The van der Waals surface area contributed by atoms with Gasteiger partial charge in [-0.3, -0.25) is 4.68 Å². The third-order valence-corrected chi connectivity index (χ3v) is 3.91. The Balaban J connectivity index is 2.36. The Morgan fingerprint density at radius 3 is 2.37 bits per heavy atom. The predicted octanol–water partition coefficient (Wildman–Crippen LogP) is 2.03. The van der Waals surface area contributed by atoms with E-state index >= 15 is 0 Å². The largest absolute Gasteiger partial charge is 0.465 e. The van der Waals surface area contributed by atoms with Crippen LogP contribution in [0.4, 0.5) is 10.5 Å². The van der Waals surface area contributed by atoms with E-state index in [1.807, 2.05) is 18.5 Å². The van der Waals surface area contributed by atoms with Crippen LogP contribution in [0, 0.1) is 19.3 Å². The third kappa shape index (κ3) is 2.05. The Hall–Kier alpha value is -1.72. The summed E-state index contributed by atoms with van der Waals surface area (Å²) in [6.45, 7) is 10.4. The van der Waals surface area contributed by atoms with Crippen molar-refractivity contribution in [3.63, 3.8) is 0 Å². The number of nitrogens with zero attached hydrogens (tertiary/aromatic N) is 3. The lowest BCUT2D eigenvalue weighted by atomic mass is 9.76. The Morgan fingerprint density at radius 1 is 1.42 bits per heavy atom. The number of carboxylic acid groups (broad SMARTS) is 1. The van der Waals surface area contributed by atoms with E-state index < -0.39 is 6.09 Å². The van der Waals surface area contributed by atoms with Gasteiger partial charge in [0.25, 0.3) is 0 Å². The van der Waals surface area contributed by atoms with Crippen LogP contribution >= 0.6 is 0 Å². The lowest BCUT2D eigenvalue weighted by molar-refractivity contribution is -0.0327. The van der Waals surface area contributed by atoms with E-state index in [1.54, 1.807) is 0 Å². The second kappa shape index (κ2) is 4.15. The molecule has 19 heavy (non-hydrogen) atoms. The molecular formula is C13H22N4O2. The lowest BCUT2D eigenvalue weighted by Gasteiger charge is -2.52. The van der Waals surface area contributed by atoms with Crippen molar-refractivity contribution in [1.82, 2.24) is 14.7 Å². The number of likely N-dealkylation sites (tertiary alicyclic amines) is 1. The Morgan fingerprint density at radius 2 is 2.00 bits per heavy atom. The predicted molar refractivity (Wildman–Crippen MR) is 73.1 cm³/mol. The maximum absolute atomic E-state index is 11.2. The summed E-state index contributed by atoms with van der Waals surface area (Å²) >= 11 is 0. The zero-order valence-electron chi connectivity index (χ0n) is 12.1. The third-order valence-electron chi connectivity index (χ3n) is 3.91. The maximum atomic E-state index is 11.2. The fraction of sp³-hybridized carbons (Fsp3) is 0.692. The number of anilines is 1. The van der Waals surface area contributed by atoms with Crippen LogP contribution in [0.15, 0.2) is 0 Å². The van der Waals surface area contributed by atoms with Crippen LogP contribution in [0.2, 0.25) is 0 Å². The second-order valence-corrected chi connectivity index (χ2v) is 6.34. The molecule has 1 aliphatic rings. The highest BCUT2D eigenvalue weighted by Crippen LogP contribution is 2.42. The first-order chi connectivity index (χ1) is 8.64. The first-order valence-corrected chi connectivity index (χ1v) is 6.45. The molecule has 1 aromatic heterocycles. The first kappa shape index (κ1) is 13.7. The van der Waals surface area contributed by atoms with Crippen molar-refractivity contribution in [2.45, 2.75) is 46.7 Å². The standard InChI is InChI=1S/C13H22N4O2/c1-7-10(14)8(2)17(15-7)9-6-16(12(18)19)11(9)13(3,4)5/h9,11H,6,14H2,1-5H3,(H,18,19). The number of rotatable bonds is 1. The van der Waals surface area contributed by atoms with E-state index in [9.17, 15) is 9.90 Å². The quantitative estimate of drug-likeness (QED) is 0.814. The fourth-order valence-electron chi connectivity index (χ4n) is 2.94. The molecule has 2 heterocycles. The van der Waals surface area contributed by atoms with E-state index in [0.717, 1.165) is 11.4 Å². The molecule has 6 heteroatoms. The van der Waals surface area contributed by atoms with E-state index in [-0.39, 0.29) is 17.5 Å². The molecule has 3 N–H and O–H groups in total. The summed E-state index contributed by atoms with van der Waals surface area (Å²) < 4.78 is 1.89. The molecule has 0 radical (unpaired) electrons. The molecule has 1 aliphatic heterocycles. The van der Waals surface area contributed by atoms with Crippen molar-refractivity contribution in [2.24, 2.45) is 5.41 Å². The molecule has 1 aromatic rings. The summed E-state index contributed by atoms with van der Waals surface area (Å²) in [5.74, 6) is 0. The molecule has 0 saturated carbocycles. The number of aryl methyl sites for hydroxylation is 1. The van der Waals surface area contributed by atoms with Crippen LogP contribution in [-0.2, 0) is 0 Å². The zero-order chi connectivity index (χ0) is 14.5. The van der Waals surface area contributed by atoms with Crippen molar-refractivity contribution in [3.05, 3.63) is 11.4 Å². The van der Waals surface area contributed by atoms with Crippen LogP contribution in [0.1, 0.15) is 38.2 Å². The van der Waals surface area contributed by atoms with Gasteiger partial charge in [-0.25, -0.2) is 4.79 Å². The van der Waals surface area contributed by atoms with Crippen LogP contribution in [-0.4, -0.2) is 38.5 Å². The summed E-state index contributed by atoms with van der Waals surface area (Å²) in [4.78, 5) is 12.7. The topological polar surface area (TPSA) is 84.4 Å². The maximum Gasteiger partial charge on any atom is 0.407 e. The zero-order valence-corrected chi connectivity index (χ0v) is 12.1. The van der Waals surface area contributed by atoms with Crippen molar-refractivity contribution in [1.29, 1.82) is 0 Å². The highest BCUT2D eigenvalue weighted by Gasteiger charge is 2.50. The monoisotopic (exact) mass is 266 g/mol. The van der Waals surface area contributed by atoms with Gasteiger partial charge in [0.1, 0.15) is 0 Å². The summed E-state index contributed by atoms with van der Waals surface area (Å²) in [5, 5.41) is 13.7. The number of amides is 1. The molecule has 1 saturated heterocycles. The molecule has 2 rings (SSSR count). The van der Waals surface area contributed by atoms with Crippen molar-refractivity contribution >= 4 is 11.8 Å². The molecule has 6 nitrogen and oxygen atoms in total. The molecule has 2 unspecified atom stereocenters. The highest BCUT2D eigenvalue weighted by molar-refractivity contribution is 5.67. The molecule has 0 aromatic carbocycles. The van der Waals surface area contributed by atoms with Crippen molar-refractivity contribution < 1.29 is 9.90 Å². The number of nitrogens with two attached hydrogens (primary N) is 1. The SMILES string of the molecule is Cc1nn(C2CN(C(=O)O)C2C(C)(C)C)c(C)c1N. The van der Waals surface area contributed by atoms with Gasteiger partial charge in [-0.2, -0.15) is 5.10 Å². The van der Waals surface area contributed by atoms with Gasteiger partial charge in [0.15, 0.2) is 0 Å². The molecule has 0 spiro atoms. The van der Waals surface area contributed by atoms with Gasteiger partial charge < -0.3 is 15.7 Å². The van der Waals surface area contributed by atoms with Crippen LogP contribution in [0.5, 0.6) is 0 Å². The van der Waals surface area contributed by atoms with Crippen LogP contribution < -0.4 is 5.73 Å². The average molecular weight is 266 g/mol. The van der Waals surface area contributed by atoms with Crippen molar-refractivity contribution in [3.8, 4) is 0 Å². The lowest BCUT2D eigenvalue weighted by Crippen LogP contribution is -2.64. The number of aromatic nitrogens is 2. The summed E-state index contributed by atoms with van der Waals surface area (Å²) in [6, 6.07) is -0.0190. The molecule has 2 atom stereocenters. The molecule has 1 fully saturated rings. The molecule has 0 bridgehead atoms. The van der Waals surface area contributed by atoms with Gasteiger partial charge in [0.2, 0.25) is 0 Å². The van der Waals surface area contributed by atoms with Crippen LogP contribution in [0.25, 0.3) is 0 Å². The molecule has 0 aliphatic carbocycles. The first-order valence-electron chi connectivity index (χ1n) is 6.45. The van der Waals surface area contributed by atoms with Gasteiger partial charge >= 0.3 is 6.09 Å². The average Bonchev–Trinajstić information content (AvgIpc) is 2.42. The molecule has 1 amide bonds. The van der Waals surface area contributed by atoms with Gasteiger partial charge in [0.05, 0.1) is 29.2 Å². The van der Waals surface area contributed by atoms with Gasteiger partial charge in [-0.15, -0.1) is 0 Å². The van der Waals surface area contributed by atoms with E-state index in [2.05, 4.69) is 25.9 Å². The summed E-state index contributed by atoms with van der Waals surface area (Å²) in [6.07, 6.45) is -0.870. The number of hydrogen-bond acceptors (Lipinski definition) is 3. The van der Waals surface area contributed by atoms with Gasteiger partial charge in [0, 0.05) is 6.54 Å². The molecule has 106 valence electrons. The number of nitrogen functional groups attached to an aromatic ring is 1. The highest BCUT2D eigenvalue weighted by atomic mass is 16.4. The van der Waals surface area contributed by atoms with E-state index in [0.29, 0.717) is 12.2 Å². The minimum absolute atomic E-state index is 0.0621. The van der Waals surface area contributed by atoms with Crippen molar-refractivity contribution in [2.75, 3.05) is 12.3 Å². The van der Waals surface area contributed by atoms with E-state index in [4.69, 9.17) is 5.73 Å². The fourth-order valence-corrected chi connectivity index (χ4v) is 2.94. The second-order valence-electron chi connectivity index (χ2n) is 6.34. The number of hydrogen-bond donors (Lipinski definition) is 2.